The van der Waals surface area contributed by atoms with Crippen LogP contribution in [0.15, 0.2) is 11.1 Å². The zero-order valence-corrected chi connectivity index (χ0v) is 14.4. The number of alkyl halides is 1. The SMILES string of the molecule is C/C(CBr)=C(/C)C[N+]12CN3CN(CN(C3)C1)C2.[Br-]. The average molecular weight is 382 g/mol. The lowest BCUT2D eigenvalue weighted by molar-refractivity contribution is -0.976. The van der Waals surface area contributed by atoms with Crippen molar-refractivity contribution in [3.05, 3.63) is 11.1 Å². The molecular formula is C12H22Br2N4. The molecule has 0 aromatic heterocycles. The van der Waals surface area contributed by atoms with Crippen LogP contribution in [0.3, 0.4) is 0 Å². The van der Waals surface area contributed by atoms with Gasteiger partial charge in [-0.2, -0.15) is 0 Å². The lowest BCUT2D eigenvalue weighted by Gasteiger charge is -2.60. The summed E-state index contributed by atoms with van der Waals surface area (Å²) < 4.78 is 1.22. The molecule has 4 heterocycles. The molecule has 0 amide bonds. The third-order valence-electron chi connectivity index (χ3n) is 4.20. The summed E-state index contributed by atoms with van der Waals surface area (Å²) in [6.45, 7) is 13.0. The summed E-state index contributed by atoms with van der Waals surface area (Å²) in [5.74, 6) is 0. The molecule has 4 aliphatic rings. The fraction of sp³-hybridized carbons (Fsp3) is 0.833. The first kappa shape index (κ1) is 14.9. The molecule has 18 heavy (non-hydrogen) atoms. The van der Waals surface area contributed by atoms with Crippen molar-refractivity contribution in [1.29, 1.82) is 0 Å². The highest BCUT2D eigenvalue weighted by Crippen LogP contribution is 2.30. The number of nitrogens with zero attached hydrogens (tertiary/aromatic N) is 4. The Morgan fingerprint density at radius 3 is 1.78 bits per heavy atom. The van der Waals surface area contributed by atoms with Crippen LogP contribution in [0.25, 0.3) is 0 Å². The van der Waals surface area contributed by atoms with Crippen molar-refractivity contribution in [1.82, 2.24) is 14.7 Å². The summed E-state index contributed by atoms with van der Waals surface area (Å²) in [6.07, 6.45) is 0. The summed E-state index contributed by atoms with van der Waals surface area (Å²) in [6, 6.07) is 0. The highest BCUT2D eigenvalue weighted by molar-refractivity contribution is 9.09. The van der Waals surface area contributed by atoms with Crippen LogP contribution < -0.4 is 17.0 Å². The smallest absolute Gasteiger partial charge is 0.139 e. The van der Waals surface area contributed by atoms with Gasteiger partial charge >= 0.3 is 0 Å². The molecule has 0 radical (unpaired) electrons. The molecule has 0 aliphatic carbocycles. The summed E-state index contributed by atoms with van der Waals surface area (Å²) in [7, 11) is 0. The van der Waals surface area contributed by atoms with Crippen LogP contribution >= 0.6 is 15.9 Å². The van der Waals surface area contributed by atoms with Gasteiger partial charge < -0.3 is 17.0 Å². The van der Waals surface area contributed by atoms with E-state index in [1.165, 1.54) is 56.6 Å². The van der Waals surface area contributed by atoms with Gasteiger partial charge in [-0.3, -0.25) is 4.48 Å². The molecule has 0 atom stereocenters. The zero-order chi connectivity index (χ0) is 12.0. The van der Waals surface area contributed by atoms with E-state index in [1.54, 1.807) is 5.57 Å². The van der Waals surface area contributed by atoms with Crippen LogP contribution in [-0.4, -0.2) is 71.1 Å². The first-order valence-electron chi connectivity index (χ1n) is 6.34. The number of halogens is 2. The second kappa shape index (κ2) is 5.50. The first-order valence-corrected chi connectivity index (χ1v) is 7.46. The number of rotatable bonds is 3. The molecular weight excluding hydrogens is 360 g/mol. The van der Waals surface area contributed by atoms with Gasteiger partial charge in [0, 0.05) is 5.33 Å². The lowest BCUT2D eigenvalue weighted by atomic mass is 10.1. The van der Waals surface area contributed by atoms with E-state index in [1.807, 2.05) is 0 Å². The van der Waals surface area contributed by atoms with Gasteiger partial charge in [-0.1, -0.05) is 21.5 Å². The molecule has 0 unspecified atom stereocenters. The maximum atomic E-state index is 3.57. The highest BCUT2D eigenvalue weighted by Gasteiger charge is 2.48. The molecule has 4 saturated heterocycles. The van der Waals surface area contributed by atoms with Crippen LogP contribution in [0.5, 0.6) is 0 Å². The van der Waals surface area contributed by atoms with Gasteiger partial charge in [0.1, 0.15) is 26.6 Å². The molecule has 0 aromatic carbocycles. The van der Waals surface area contributed by atoms with Crippen LogP contribution in [0.4, 0.5) is 0 Å². The van der Waals surface area contributed by atoms with Crippen molar-refractivity contribution in [2.45, 2.75) is 13.8 Å². The fourth-order valence-corrected chi connectivity index (χ4v) is 4.04. The van der Waals surface area contributed by atoms with E-state index >= 15 is 0 Å². The Kier molecular flexibility index (Phi) is 4.56. The summed E-state index contributed by atoms with van der Waals surface area (Å²) in [5, 5.41) is 1.01. The molecule has 4 nitrogen and oxygen atoms in total. The zero-order valence-electron chi connectivity index (χ0n) is 11.2. The first-order chi connectivity index (χ1) is 8.10. The molecule has 104 valence electrons. The third-order valence-corrected chi connectivity index (χ3v) is 5.04. The third kappa shape index (κ3) is 2.69. The number of hydrogen-bond acceptors (Lipinski definition) is 3. The molecule has 6 heteroatoms. The minimum absolute atomic E-state index is 0. The Balaban J connectivity index is 0.00000120. The molecule has 4 aliphatic heterocycles. The minimum Gasteiger partial charge on any atom is -1.00 e. The predicted molar refractivity (Wildman–Crippen MR) is 72.0 cm³/mol. The Morgan fingerprint density at radius 2 is 1.39 bits per heavy atom. The topological polar surface area (TPSA) is 9.72 Å². The predicted octanol–water partition coefficient (Wildman–Crippen LogP) is -1.77. The van der Waals surface area contributed by atoms with Crippen molar-refractivity contribution in [3.8, 4) is 0 Å². The van der Waals surface area contributed by atoms with E-state index in [9.17, 15) is 0 Å². The Morgan fingerprint density at radius 1 is 0.944 bits per heavy atom. The van der Waals surface area contributed by atoms with Gasteiger partial charge in [0.2, 0.25) is 0 Å². The number of hydrogen-bond donors (Lipinski definition) is 0. The van der Waals surface area contributed by atoms with Gasteiger partial charge in [-0.25, -0.2) is 14.7 Å². The molecule has 4 rings (SSSR count). The van der Waals surface area contributed by atoms with E-state index in [2.05, 4.69) is 44.5 Å². The maximum absolute atomic E-state index is 3.57. The van der Waals surface area contributed by atoms with Crippen molar-refractivity contribution in [2.75, 3.05) is 51.9 Å². The molecule has 0 aromatic rings. The normalized spacial score (nSPS) is 42.5. The lowest BCUT2D eigenvalue weighted by Crippen LogP contribution is -3.00. The van der Waals surface area contributed by atoms with Crippen LogP contribution in [0.2, 0.25) is 0 Å². The molecule has 4 bridgehead atoms. The fourth-order valence-electron chi connectivity index (χ4n) is 3.56. The van der Waals surface area contributed by atoms with Crippen LogP contribution in [-0.2, 0) is 0 Å². The van der Waals surface area contributed by atoms with E-state index in [0.717, 1.165) is 5.33 Å². The summed E-state index contributed by atoms with van der Waals surface area (Å²) in [5.41, 5.74) is 3.06. The Hall–Kier alpha value is 0.540. The van der Waals surface area contributed by atoms with Gasteiger partial charge in [0.05, 0.1) is 20.0 Å². The van der Waals surface area contributed by atoms with E-state index in [0.29, 0.717) is 0 Å². The summed E-state index contributed by atoms with van der Waals surface area (Å²) >= 11 is 3.57. The van der Waals surface area contributed by atoms with Crippen molar-refractivity contribution < 1.29 is 21.5 Å². The standard InChI is InChI=1S/C12H22BrN4.BrH/c1-11(3-13)12(2)4-17-8-14-5-15(9-17)7-16(6-14)10-17;/h3-10H2,1-2H3;1H/q+1;/p-1/b12-11+;. The van der Waals surface area contributed by atoms with Crippen molar-refractivity contribution in [3.63, 3.8) is 0 Å². The largest absolute Gasteiger partial charge is 1.00 e. The van der Waals surface area contributed by atoms with Crippen LogP contribution in [0, 0.1) is 0 Å². The second-order valence-corrected chi connectivity index (χ2v) is 6.62. The van der Waals surface area contributed by atoms with Crippen molar-refractivity contribution in [2.24, 2.45) is 0 Å². The number of allylic oxidation sites excluding steroid dienone is 1. The Bertz CT molecular complexity index is 321. The minimum atomic E-state index is 0. The highest BCUT2D eigenvalue weighted by atomic mass is 79.9. The van der Waals surface area contributed by atoms with E-state index < -0.39 is 0 Å². The van der Waals surface area contributed by atoms with Gasteiger partial charge in [0.25, 0.3) is 0 Å². The maximum Gasteiger partial charge on any atom is 0.139 e. The van der Waals surface area contributed by atoms with Gasteiger partial charge in [0.15, 0.2) is 0 Å². The molecule has 4 fully saturated rings. The molecule has 0 N–H and O–H groups in total. The van der Waals surface area contributed by atoms with Gasteiger partial charge in [-0.05, 0) is 19.4 Å². The quantitative estimate of drug-likeness (QED) is 0.325. The summed E-state index contributed by atoms with van der Waals surface area (Å²) in [4.78, 5) is 7.73. The van der Waals surface area contributed by atoms with Crippen LogP contribution in [0.1, 0.15) is 13.8 Å². The monoisotopic (exact) mass is 380 g/mol. The van der Waals surface area contributed by atoms with E-state index in [4.69, 9.17) is 0 Å². The average Bonchev–Trinajstić information content (AvgIpc) is 2.25. The molecule has 0 saturated carbocycles. The molecule has 0 spiro atoms. The van der Waals surface area contributed by atoms with E-state index in [-0.39, 0.29) is 17.0 Å². The Labute approximate surface area is 129 Å². The van der Waals surface area contributed by atoms with Gasteiger partial charge in [-0.15, -0.1) is 0 Å². The second-order valence-electron chi connectivity index (χ2n) is 6.06. The van der Waals surface area contributed by atoms with Crippen molar-refractivity contribution >= 4 is 15.9 Å². The number of quaternary nitrogens is 1.